The monoisotopic (exact) mass is 429 g/mol. The zero-order valence-corrected chi connectivity index (χ0v) is 18.0. The highest BCUT2D eigenvalue weighted by Crippen LogP contribution is 2.41. The Kier molecular flexibility index (Phi) is 6.69. The number of anilines is 1. The molecule has 1 aromatic heterocycles. The smallest absolute Gasteiger partial charge is 0.183 e. The number of nitrogens with zero attached hydrogens (tertiary/aromatic N) is 1. The minimum atomic E-state index is -0.262. The van der Waals surface area contributed by atoms with E-state index in [4.69, 9.17) is 9.72 Å². The van der Waals surface area contributed by atoms with E-state index in [2.05, 4.69) is 10.6 Å². The van der Waals surface area contributed by atoms with Crippen LogP contribution in [0.15, 0.2) is 30.3 Å². The number of phenolic OH excluding ortho intramolecular Hbond substituents is 1. The molecule has 160 valence electrons. The quantitative estimate of drug-likeness (QED) is 0.437. The summed E-state index contributed by atoms with van der Waals surface area (Å²) in [5.74, 6) is 1.21. The van der Waals surface area contributed by atoms with Crippen molar-refractivity contribution in [2.75, 3.05) is 32.1 Å². The number of ether oxygens (including phenoxy) is 1. The SMILES string of the molecule is CNc1nc2c(C3CCNCC3)c(CCCCOc3ccc(F)cc3)c(O)cc2s1. The first-order chi connectivity index (χ1) is 14.7. The number of rotatable bonds is 8. The Balaban J connectivity index is 1.49. The molecule has 1 aliphatic heterocycles. The summed E-state index contributed by atoms with van der Waals surface area (Å²) in [6.07, 6.45) is 4.68. The van der Waals surface area contributed by atoms with E-state index in [1.165, 1.54) is 17.7 Å². The van der Waals surface area contributed by atoms with Crippen molar-refractivity contribution >= 4 is 26.7 Å². The molecule has 2 aromatic carbocycles. The molecule has 1 aliphatic rings. The van der Waals surface area contributed by atoms with Gasteiger partial charge in [-0.25, -0.2) is 9.37 Å². The van der Waals surface area contributed by atoms with Crippen LogP contribution >= 0.6 is 11.3 Å². The molecular formula is C23H28FN3O2S. The van der Waals surface area contributed by atoms with Crippen molar-refractivity contribution in [3.63, 3.8) is 0 Å². The first-order valence-electron chi connectivity index (χ1n) is 10.6. The summed E-state index contributed by atoms with van der Waals surface area (Å²) in [6, 6.07) is 7.96. The van der Waals surface area contributed by atoms with Crippen molar-refractivity contribution < 1.29 is 14.2 Å². The van der Waals surface area contributed by atoms with Crippen molar-refractivity contribution in [3.8, 4) is 11.5 Å². The molecule has 0 saturated carbocycles. The third kappa shape index (κ3) is 4.68. The van der Waals surface area contributed by atoms with Crippen LogP contribution in [0.1, 0.15) is 42.7 Å². The van der Waals surface area contributed by atoms with E-state index in [-0.39, 0.29) is 5.82 Å². The Morgan fingerprint density at radius 1 is 1.23 bits per heavy atom. The number of nitrogens with one attached hydrogen (secondary N) is 2. The second-order valence-electron chi connectivity index (χ2n) is 7.69. The number of halogens is 1. The fourth-order valence-corrected chi connectivity index (χ4v) is 5.03. The number of hydrogen-bond donors (Lipinski definition) is 3. The minimum absolute atomic E-state index is 0.262. The molecule has 7 heteroatoms. The third-order valence-electron chi connectivity index (χ3n) is 5.68. The largest absolute Gasteiger partial charge is 0.508 e. The summed E-state index contributed by atoms with van der Waals surface area (Å²) in [6.45, 7) is 2.56. The van der Waals surface area contributed by atoms with E-state index in [0.717, 1.165) is 66.1 Å². The molecule has 2 heterocycles. The van der Waals surface area contributed by atoms with Crippen molar-refractivity contribution in [2.45, 2.75) is 38.0 Å². The van der Waals surface area contributed by atoms with Crippen LogP contribution in [0.2, 0.25) is 0 Å². The van der Waals surface area contributed by atoms with Crippen LogP contribution in [0, 0.1) is 5.82 Å². The van der Waals surface area contributed by atoms with Crippen molar-refractivity contribution in [2.24, 2.45) is 0 Å². The number of aromatic hydroxyl groups is 1. The minimum Gasteiger partial charge on any atom is -0.508 e. The molecule has 5 nitrogen and oxygen atoms in total. The molecule has 3 aromatic rings. The normalized spacial score (nSPS) is 14.9. The second-order valence-corrected chi connectivity index (χ2v) is 8.72. The second kappa shape index (κ2) is 9.62. The van der Waals surface area contributed by atoms with E-state index < -0.39 is 0 Å². The topological polar surface area (TPSA) is 66.4 Å². The van der Waals surface area contributed by atoms with Crippen molar-refractivity contribution in [1.29, 1.82) is 0 Å². The van der Waals surface area contributed by atoms with Gasteiger partial charge in [-0.3, -0.25) is 0 Å². The van der Waals surface area contributed by atoms with Gasteiger partial charge in [-0.05, 0) is 92.6 Å². The van der Waals surface area contributed by atoms with Crippen LogP contribution in [0.3, 0.4) is 0 Å². The van der Waals surface area contributed by atoms with Crippen LogP contribution in [0.4, 0.5) is 9.52 Å². The number of unbranched alkanes of at least 4 members (excludes halogenated alkanes) is 1. The van der Waals surface area contributed by atoms with Crippen molar-refractivity contribution in [3.05, 3.63) is 47.3 Å². The number of piperidine rings is 1. The summed E-state index contributed by atoms with van der Waals surface area (Å²) in [5, 5.41) is 18.3. The summed E-state index contributed by atoms with van der Waals surface area (Å²) in [4.78, 5) is 4.82. The fraction of sp³-hybridized carbons (Fsp3) is 0.435. The molecule has 0 amide bonds. The molecule has 1 saturated heterocycles. The predicted molar refractivity (Wildman–Crippen MR) is 121 cm³/mol. The van der Waals surface area contributed by atoms with E-state index in [1.54, 1.807) is 23.5 Å². The highest BCUT2D eigenvalue weighted by molar-refractivity contribution is 7.22. The fourth-order valence-electron chi connectivity index (χ4n) is 4.16. The maximum atomic E-state index is 13.0. The van der Waals surface area contributed by atoms with Gasteiger partial charge in [0.1, 0.15) is 17.3 Å². The molecular weight excluding hydrogens is 401 g/mol. The highest BCUT2D eigenvalue weighted by Gasteiger charge is 2.25. The molecule has 3 N–H and O–H groups in total. The Morgan fingerprint density at radius 3 is 2.73 bits per heavy atom. The Labute approximate surface area is 180 Å². The van der Waals surface area contributed by atoms with Crippen LogP contribution in [-0.2, 0) is 6.42 Å². The molecule has 0 radical (unpaired) electrons. The van der Waals surface area contributed by atoms with Gasteiger partial charge in [0.15, 0.2) is 5.13 Å². The molecule has 1 fully saturated rings. The average molecular weight is 430 g/mol. The van der Waals surface area contributed by atoms with Gasteiger partial charge < -0.3 is 20.5 Å². The molecule has 4 rings (SSSR count). The first-order valence-corrected chi connectivity index (χ1v) is 11.4. The summed E-state index contributed by atoms with van der Waals surface area (Å²) in [7, 11) is 1.88. The molecule has 30 heavy (non-hydrogen) atoms. The van der Waals surface area contributed by atoms with E-state index >= 15 is 0 Å². The zero-order valence-electron chi connectivity index (χ0n) is 17.2. The lowest BCUT2D eigenvalue weighted by molar-refractivity contribution is 0.306. The van der Waals surface area contributed by atoms with Crippen LogP contribution < -0.4 is 15.4 Å². The Morgan fingerprint density at radius 2 is 2.00 bits per heavy atom. The third-order valence-corrected chi connectivity index (χ3v) is 6.70. The number of hydrogen-bond acceptors (Lipinski definition) is 6. The number of aromatic nitrogens is 1. The predicted octanol–water partition coefficient (Wildman–Crippen LogP) is 5.05. The van der Waals surface area contributed by atoms with Crippen LogP contribution in [0.5, 0.6) is 11.5 Å². The summed E-state index contributed by atoms with van der Waals surface area (Å²) < 4.78 is 19.7. The molecule has 0 atom stereocenters. The lowest BCUT2D eigenvalue weighted by Gasteiger charge is -2.26. The van der Waals surface area contributed by atoms with Crippen LogP contribution in [0.25, 0.3) is 10.2 Å². The van der Waals surface area contributed by atoms with Gasteiger partial charge in [0.05, 0.1) is 16.8 Å². The Hall–Kier alpha value is -2.38. The maximum absolute atomic E-state index is 13.0. The van der Waals surface area contributed by atoms with Crippen LogP contribution in [-0.4, -0.2) is 36.8 Å². The first kappa shape index (κ1) is 20.9. The highest BCUT2D eigenvalue weighted by atomic mass is 32.1. The maximum Gasteiger partial charge on any atom is 0.183 e. The molecule has 0 unspecified atom stereocenters. The van der Waals surface area contributed by atoms with Gasteiger partial charge >= 0.3 is 0 Å². The van der Waals surface area contributed by atoms with Gasteiger partial charge in [0.25, 0.3) is 0 Å². The zero-order chi connectivity index (χ0) is 20.9. The van der Waals surface area contributed by atoms with Gasteiger partial charge in [-0.1, -0.05) is 11.3 Å². The van der Waals surface area contributed by atoms with Gasteiger partial charge in [0.2, 0.25) is 0 Å². The van der Waals surface area contributed by atoms with E-state index in [9.17, 15) is 9.50 Å². The molecule has 0 aliphatic carbocycles. The number of fused-ring (bicyclic) bond motifs is 1. The van der Waals surface area contributed by atoms with E-state index in [1.807, 2.05) is 13.1 Å². The lowest BCUT2D eigenvalue weighted by Crippen LogP contribution is -2.27. The lowest BCUT2D eigenvalue weighted by atomic mass is 9.84. The van der Waals surface area contributed by atoms with Crippen molar-refractivity contribution in [1.82, 2.24) is 10.3 Å². The number of thiazole rings is 1. The molecule has 0 bridgehead atoms. The molecule has 0 spiro atoms. The average Bonchev–Trinajstić information content (AvgIpc) is 3.18. The summed E-state index contributed by atoms with van der Waals surface area (Å²) >= 11 is 1.58. The standard InChI is InChI=1S/C23H28FN3O2S/c1-25-23-27-22-20(30-23)14-19(28)18(21(22)15-9-11-26-12-10-15)4-2-3-13-29-17-7-5-16(24)6-8-17/h5-8,14-15,26,28H,2-4,9-13H2,1H3,(H,25,27). The number of phenols is 1. The van der Waals surface area contributed by atoms with Gasteiger partial charge in [0, 0.05) is 7.05 Å². The van der Waals surface area contributed by atoms with Gasteiger partial charge in [-0.2, -0.15) is 0 Å². The van der Waals surface area contributed by atoms with E-state index in [0.29, 0.717) is 24.0 Å². The Bertz CT molecular complexity index is 984. The van der Waals surface area contributed by atoms with Gasteiger partial charge in [-0.15, -0.1) is 0 Å². The summed E-state index contributed by atoms with van der Waals surface area (Å²) in [5.41, 5.74) is 3.29. The number of benzene rings is 2.